The summed E-state index contributed by atoms with van der Waals surface area (Å²) >= 11 is 0. The lowest BCUT2D eigenvalue weighted by molar-refractivity contribution is -0.167. The van der Waals surface area contributed by atoms with Crippen molar-refractivity contribution in [2.24, 2.45) is 11.8 Å². The molecule has 2 atom stereocenters. The van der Waals surface area contributed by atoms with Gasteiger partial charge in [-0.15, -0.1) is 0 Å². The number of unbranched alkanes of at least 4 members (excludes halogenated alkanes) is 41. The number of carbonyl (C=O) groups is 3. The van der Waals surface area contributed by atoms with Gasteiger partial charge in [-0.3, -0.25) is 14.4 Å². The van der Waals surface area contributed by atoms with Gasteiger partial charge < -0.3 is 14.2 Å². The highest BCUT2D eigenvalue weighted by molar-refractivity contribution is 5.71. The van der Waals surface area contributed by atoms with Crippen LogP contribution in [0.5, 0.6) is 0 Å². The fraction of sp³-hybridized carbons (Fsp3) is 0.952. The van der Waals surface area contributed by atoms with Gasteiger partial charge in [0.2, 0.25) is 0 Å². The standard InChI is InChI=1S/C63H122O6/c1-6-8-9-10-11-12-13-14-15-16-20-24-27-30-33-40-45-50-55-63(66)69-60(57-68-62(65)54-49-44-39-35-34-36-41-46-51-58(3)4)56-67-61(64)53-48-43-38-32-29-26-23-21-18-17-19-22-25-28-31-37-42-47-52-59(5)7-2/h58-60H,6-57H2,1-5H3/t59?,60-/m1/s1. The highest BCUT2D eigenvalue weighted by Crippen LogP contribution is 2.19. The third-order valence-corrected chi connectivity index (χ3v) is 14.8. The first-order valence-corrected chi connectivity index (χ1v) is 31.3. The van der Waals surface area contributed by atoms with E-state index in [1.54, 1.807) is 0 Å². The molecule has 0 saturated heterocycles. The van der Waals surface area contributed by atoms with Gasteiger partial charge in [0.1, 0.15) is 13.2 Å². The Morgan fingerprint density at radius 1 is 0.304 bits per heavy atom. The zero-order valence-electron chi connectivity index (χ0n) is 47.5. The Morgan fingerprint density at radius 3 is 0.826 bits per heavy atom. The highest BCUT2D eigenvalue weighted by atomic mass is 16.6. The summed E-state index contributed by atoms with van der Waals surface area (Å²) in [6, 6.07) is 0. The van der Waals surface area contributed by atoms with Crippen molar-refractivity contribution in [3.63, 3.8) is 0 Å². The Labute approximate surface area is 431 Å². The molecule has 0 aromatic rings. The summed E-state index contributed by atoms with van der Waals surface area (Å²) < 4.78 is 16.9. The molecular formula is C63H122O6. The summed E-state index contributed by atoms with van der Waals surface area (Å²) in [6.07, 6.45) is 61.1. The largest absolute Gasteiger partial charge is 0.462 e. The van der Waals surface area contributed by atoms with Crippen LogP contribution in [0.1, 0.15) is 356 Å². The zero-order valence-corrected chi connectivity index (χ0v) is 47.5. The van der Waals surface area contributed by atoms with Gasteiger partial charge in [0.25, 0.3) is 0 Å². The monoisotopic (exact) mass is 975 g/mol. The van der Waals surface area contributed by atoms with Gasteiger partial charge in [-0.25, -0.2) is 0 Å². The van der Waals surface area contributed by atoms with E-state index < -0.39 is 6.10 Å². The van der Waals surface area contributed by atoms with Crippen LogP contribution in [0.2, 0.25) is 0 Å². The normalized spacial score (nSPS) is 12.4. The van der Waals surface area contributed by atoms with Crippen LogP contribution in [0.25, 0.3) is 0 Å². The minimum atomic E-state index is -0.763. The first kappa shape index (κ1) is 67.4. The van der Waals surface area contributed by atoms with Crippen LogP contribution in [0.3, 0.4) is 0 Å². The van der Waals surface area contributed by atoms with Gasteiger partial charge in [0.15, 0.2) is 6.10 Å². The molecule has 6 nitrogen and oxygen atoms in total. The van der Waals surface area contributed by atoms with Crippen molar-refractivity contribution in [2.45, 2.75) is 362 Å². The molecule has 0 aliphatic carbocycles. The smallest absolute Gasteiger partial charge is 0.306 e. The Hall–Kier alpha value is -1.59. The Kier molecular flexibility index (Phi) is 54.4. The molecule has 0 aromatic carbocycles. The molecular weight excluding hydrogens is 853 g/mol. The minimum Gasteiger partial charge on any atom is -0.462 e. The van der Waals surface area contributed by atoms with Crippen LogP contribution >= 0.6 is 0 Å². The topological polar surface area (TPSA) is 78.9 Å². The summed E-state index contributed by atoms with van der Waals surface area (Å²) in [5.74, 6) is 0.869. The summed E-state index contributed by atoms with van der Waals surface area (Å²) in [6.45, 7) is 11.4. The second-order valence-electron chi connectivity index (χ2n) is 22.4. The Bertz CT molecular complexity index is 1060. The highest BCUT2D eigenvalue weighted by Gasteiger charge is 2.19. The Balaban J connectivity index is 4.21. The van der Waals surface area contributed by atoms with Crippen LogP contribution in [0, 0.1) is 11.8 Å². The zero-order chi connectivity index (χ0) is 50.4. The van der Waals surface area contributed by atoms with Gasteiger partial charge in [-0.05, 0) is 31.1 Å². The van der Waals surface area contributed by atoms with E-state index in [1.165, 1.54) is 244 Å². The number of ether oxygens (including phenoxy) is 3. The molecule has 0 aromatic heterocycles. The van der Waals surface area contributed by atoms with Gasteiger partial charge in [-0.2, -0.15) is 0 Å². The number of esters is 3. The van der Waals surface area contributed by atoms with E-state index in [9.17, 15) is 14.4 Å². The lowest BCUT2D eigenvalue weighted by Crippen LogP contribution is -2.30. The molecule has 0 fully saturated rings. The maximum Gasteiger partial charge on any atom is 0.306 e. The second kappa shape index (κ2) is 55.7. The van der Waals surface area contributed by atoms with Crippen molar-refractivity contribution in [2.75, 3.05) is 13.2 Å². The SMILES string of the molecule is CCCCCCCCCCCCCCCCCCCCC(=O)O[C@H](COC(=O)CCCCCCCCCCCCCCCCCCCCC(C)CC)COC(=O)CCCCCCCCCCC(C)C. The molecule has 1 unspecified atom stereocenters. The third-order valence-electron chi connectivity index (χ3n) is 14.8. The number of carbonyl (C=O) groups excluding carboxylic acids is 3. The Morgan fingerprint density at radius 2 is 0.551 bits per heavy atom. The van der Waals surface area contributed by atoms with Crippen molar-refractivity contribution < 1.29 is 28.6 Å². The molecule has 0 bridgehead atoms. The molecule has 0 N–H and O–H groups in total. The number of rotatable bonds is 57. The van der Waals surface area contributed by atoms with E-state index in [-0.39, 0.29) is 31.1 Å². The van der Waals surface area contributed by atoms with Crippen molar-refractivity contribution in [1.29, 1.82) is 0 Å². The molecule has 6 heteroatoms. The maximum atomic E-state index is 12.9. The quantitative estimate of drug-likeness (QED) is 0.0343. The summed E-state index contributed by atoms with van der Waals surface area (Å²) in [5, 5.41) is 0. The van der Waals surface area contributed by atoms with Gasteiger partial charge in [-0.1, -0.05) is 317 Å². The van der Waals surface area contributed by atoms with Crippen LogP contribution in [0.15, 0.2) is 0 Å². The molecule has 0 heterocycles. The molecule has 0 spiro atoms. The van der Waals surface area contributed by atoms with Crippen LogP contribution in [-0.2, 0) is 28.6 Å². The summed E-state index contributed by atoms with van der Waals surface area (Å²) in [7, 11) is 0. The minimum absolute atomic E-state index is 0.0626. The average Bonchev–Trinajstić information content (AvgIpc) is 3.34. The van der Waals surface area contributed by atoms with Crippen molar-refractivity contribution >= 4 is 17.9 Å². The molecule has 410 valence electrons. The van der Waals surface area contributed by atoms with Gasteiger partial charge >= 0.3 is 17.9 Å². The predicted molar refractivity (Wildman–Crippen MR) is 298 cm³/mol. The number of hydrogen-bond donors (Lipinski definition) is 0. The van der Waals surface area contributed by atoms with Crippen molar-refractivity contribution in [3.8, 4) is 0 Å². The van der Waals surface area contributed by atoms with Crippen molar-refractivity contribution in [3.05, 3.63) is 0 Å². The molecule has 0 rings (SSSR count). The third kappa shape index (κ3) is 55.6. The fourth-order valence-electron chi connectivity index (χ4n) is 9.73. The van der Waals surface area contributed by atoms with E-state index in [1.807, 2.05) is 0 Å². The van der Waals surface area contributed by atoms with E-state index in [0.29, 0.717) is 19.3 Å². The van der Waals surface area contributed by atoms with Crippen LogP contribution in [-0.4, -0.2) is 37.2 Å². The summed E-state index contributed by atoms with van der Waals surface area (Å²) in [5.41, 5.74) is 0. The summed E-state index contributed by atoms with van der Waals surface area (Å²) in [4.78, 5) is 38.2. The fourth-order valence-corrected chi connectivity index (χ4v) is 9.73. The molecule has 69 heavy (non-hydrogen) atoms. The molecule has 0 aliphatic heterocycles. The number of hydrogen-bond acceptors (Lipinski definition) is 6. The van der Waals surface area contributed by atoms with Crippen LogP contribution in [0.4, 0.5) is 0 Å². The molecule has 0 amide bonds. The van der Waals surface area contributed by atoms with E-state index >= 15 is 0 Å². The predicted octanol–water partition coefficient (Wildman–Crippen LogP) is 20.8. The van der Waals surface area contributed by atoms with Crippen LogP contribution < -0.4 is 0 Å². The maximum absolute atomic E-state index is 12.9. The van der Waals surface area contributed by atoms with Crippen molar-refractivity contribution in [1.82, 2.24) is 0 Å². The molecule has 0 saturated carbocycles. The average molecular weight is 976 g/mol. The van der Waals surface area contributed by atoms with Gasteiger partial charge in [0.05, 0.1) is 0 Å². The first-order chi connectivity index (χ1) is 33.8. The lowest BCUT2D eigenvalue weighted by atomic mass is 9.99. The van der Waals surface area contributed by atoms with E-state index in [2.05, 4.69) is 34.6 Å². The molecule has 0 aliphatic rings. The van der Waals surface area contributed by atoms with E-state index in [4.69, 9.17) is 14.2 Å². The van der Waals surface area contributed by atoms with Gasteiger partial charge in [0, 0.05) is 19.3 Å². The van der Waals surface area contributed by atoms with E-state index in [0.717, 1.165) is 69.6 Å². The molecule has 0 radical (unpaired) electrons. The lowest BCUT2D eigenvalue weighted by Gasteiger charge is -2.18. The first-order valence-electron chi connectivity index (χ1n) is 31.3. The second-order valence-corrected chi connectivity index (χ2v) is 22.4.